The number of methoxy groups -OCH3 is 2. The number of para-hydroxylation sites is 3. The van der Waals surface area contributed by atoms with E-state index >= 15 is 0 Å². The first-order chi connectivity index (χ1) is 18.4. The molecule has 0 saturated carbocycles. The topological polar surface area (TPSA) is 93.5 Å². The summed E-state index contributed by atoms with van der Waals surface area (Å²) in [5, 5.41) is 11.2. The van der Waals surface area contributed by atoms with Gasteiger partial charge in [0.05, 0.1) is 25.5 Å². The first kappa shape index (κ1) is 24.9. The Morgan fingerprint density at radius 1 is 0.947 bits per heavy atom. The number of fused-ring (bicyclic) bond motifs is 1. The van der Waals surface area contributed by atoms with E-state index in [9.17, 15) is 4.79 Å². The van der Waals surface area contributed by atoms with Crippen LogP contribution >= 0.6 is 0 Å². The van der Waals surface area contributed by atoms with E-state index in [1.165, 1.54) is 0 Å². The Morgan fingerprint density at radius 2 is 1.61 bits per heavy atom. The molecular formula is C29H30N6O3. The van der Waals surface area contributed by atoms with Gasteiger partial charge in [0.15, 0.2) is 5.82 Å². The fraction of sp³-hybridized carbons (Fsp3) is 0.207. The number of nitrogens with zero attached hydrogens (tertiary/aromatic N) is 4. The van der Waals surface area contributed by atoms with Crippen molar-refractivity contribution in [3.63, 3.8) is 0 Å². The molecule has 0 fully saturated rings. The normalized spacial score (nSPS) is 14.4. The minimum absolute atomic E-state index is 0.284. The summed E-state index contributed by atoms with van der Waals surface area (Å²) in [6, 6.07) is 22.4. The van der Waals surface area contributed by atoms with Gasteiger partial charge in [0.25, 0.3) is 5.91 Å². The van der Waals surface area contributed by atoms with Gasteiger partial charge in [0.2, 0.25) is 5.95 Å². The minimum atomic E-state index is -0.584. The number of rotatable bonds is 7. The molecule has 9 nitrogen and oxygen atoms in total. The number of amides is 1. The van der Waals surface area contributed by atoms with E-state index < -0.39 is 6.04 Å². The molecule has 4 aromatic rings. The Bertz CT molecular complexity index is 1510. The molecule has 1 unspecified atom stereocenters. The van der Waals surface area contributed by atoms with Crippen LogP contribution in [0.5, 0.6) is 11.5 Å². The third-order valence-corrected chi connectivity index (χ3v) is 6.53. The minimum Gasteiger partial charge on any atom is -0.496 e. The maximum atomic E-state index is 13.8. The molecule has 1 aliphatic rings. The smallest absolute Gasteiger partial charge is 0.255 e. The van der Waals surface area contributed by atoms with Crippen molar-refractivity contribution in [3.05, 3.63) is 89.6 Å². The number of hydrogen-bond donors (Lipinski definition) is 2. The van der Waals surface area contributed by atoms with Crippen molar-refractivity contribution < 1.29 is 14.3 Å². The molecule has 2 N–H and O–H groups in total. The van der Waals surface area contributed by atoms with Crippen LogP contribution < -0.4 is 25.0 Å². The Balaban J connectivity index is 1.60. The van der Waals surface area contributed by atoms with E-state index in [1.807, 2.05) is 86.6 Å². The van der Waals surface area contributed by atoms with E-state index in [2.05, 4.69) is 10.6 Å². The molecule has 1 atom stereocenters. The summed E-state index contributed by atoms with van der Waals surface area (Å²) in [6.45, 7) is 1.86. The largest absolute Gasteiger partial charge is 0.496 e. The van der Waals surface area contributed by atoms with Crippen LogP contribution in [0, 0.1) is 0 Å². The van der Waals surface area contributed by atoms with Gasteiger partial charge in [-0.3, -0.25) is 4.79 Å². The van der Waals surface area contributed by atoms with Crippen molar-refractivity contribution >= 4 is 23.2 Å². The molecule has 38 heavy (non-hydrogen) atoms. The summed E-state index contributed by atoms with van der Waals surface area (Å²) in [7, 11) is 7.18. The standard InChI is InChI=1S/C29H30N6O3/c1-18-25(28(36)31-22-11-7-9-13-24(22)38-5)26(21-10-6-8-12-23(21)37-4)35-29(30-18)32-27(33-35)19-14-16-20(17-15-19)34(2)3/h6-17,26H,1-5H3,(H,31,36)(H,30,32,33). The van der Waals surface area contributed by atoms with Gasteiger partial charge in [0.1, 0.15) is 17.5 Å². The van der Waals surface area contributed by atoms with Crippen LogP contribution in [0.15, 0.2) is 84.1 Å². The fourth-order valence-electron chi connectivity index (χ4n) is 4.59. The lowest BCUT2D eigenvalue weighted by Crippen LogP contribution is -2.31. The molecule has 0 bridgehead atoms. The first-order valence-corrected chi connectivity index (χ1v) is 12.2. The third-order valence-electron chi connectivity index (χ3n) is 6.53. The maximum Gasteiger partial charge on any atom is 0.255 e. The number of carbonyl (C=O) groups excluding carboxylic acids is 1. The van der Waals surface area contributed by atoms with Crippen LogP contribution in [0.2, 0.25) is 0 Å². The van der Waals surface area contributed by atoms with Gasteiger partial charge in [-0.2, -0.15) is 4.98 Å². The average Bonchev–Trinajstić information content (AvgIpc) is 3.36. The number of carbonyl (C=O) groups is 1. The second-order valence-corrected chi connectivity index (χ2v) is 9.11. The number of ether oxygens (including phenoxy) is 2. The van der Waals surface area contributed by atoms with Gasteiger partial charge in [-0.25, -0.2) is 4.68 Å². The van der Waals surface area contributed by atoms with Gasteiger partial charge >= 0.3 is 0 Å². The summed E-state index contributed by atoms with van der Waals surface area (Å²) in [5.41, 5.74) is 4.48. The number of anilines is 3. The average molecular weight is 511 g/mol. The molecule has 1 amide bonds. The second-order valence-electron chi connectivity index (χ2n) is 9.11. The summed E-state index contributed by atoms with van der Waals surface area (Å²) in [5.74, 6) is 2.03. The predicted octanol–water partition coefficient (Wildman–Crippen LogP) is 4.96. The van der Waals surface area contributed by atoms with Crippen molar-refractivity contribution in [2.24, 2.45) is 0 Å². The van der Waals surface area contributed by atoms with Gasteiger partial charge in [-0.15, -0.1) is 5.10 Å². The van der Waals surface area contributed by atoms with Crippen molar-refractivity contribution in [2.75, 3.05) is 43.8 Å². The number of aromatic nitrogens is 3. The number of nitrogens with one attached hydrogen (secondary N) is 2. The molecule has 3 aromatic carbocycles. The van der Waals surface area contributed by atoms with Gasteiger partial charge < -0.3 is 25.0 Å². The van der Waals surface area contributed by atoms with Crippen LogP contribution in [0.3, 0.4) is 0 Å². The Morgan fingerprint density at radius 3 is 2.29 bits per heavy atom. The molecule has 1 aliphatic heterocycles. The van der Waals surface area contributed by atoms with Crippen molar-refractivity contribution in [3.8, 4) is 22.9 Å². The van der Waals surface area contributed by atoms with Crippen molar-refractivity contribution in [2.45, 2.75) is 13.0 Å². The predicted molar refractivity (Wildman–Crippen MR) is 149 cm³/mol. The second kappa shape index (κ2) is 10.3. The number of hydrogen-bond acceptors (Lipinski definition) is 7. The van der Waals surface area contributed by atoms with Gasteiger partial charge in [0, 0.05) is 36.6 Å². The van der Waals surface area contributed by atoms with Crippen LogP contribution in [-0.4, -0.2) is 49.0 Å². The van der Waals surface area contributed by atoms with E-state index in [-0.39, 0.29) is 5.91 Å². The summed E-state index contributed by atoms with van der Waals surface area (Å²) >= 11 is 0. The highest BCUT2D eigenvalue weighted by atomic mass is 16.5. The summed E-state index contributed by atoms with van der Waals surface area (Å²) in [6.07, 6.45) is 0. The molecule has 0 spiro atoms. The molecule has 0 aliphatic carbocycles. The quantitative estimate of drug-likeness (QED) is 0.363. The van der Waals surface area contributed by atoms with E-state index in [1.54, 1.807) is 31.0 Å². The van der Waals surface area contributed by atoms with Crippen LogP contribution in [0.4, 0.5) is 17.3 Å². The van der Waals surface area contributed by atoms with Crippen LogP contribution in [0.1, 0.15) is 18.5 Å². The summed E-state index contributed by atoms with van der Waals surface area (Å²) in [4.78, 5) is 20.7. The molecule has 5 rings (SSSR count). The lowest BCUT2D eigenvalue weighted by molar-refractivity contribution is -0.113. The monoisotopic (exact) mass is 510 g/mol. The number of benzene rings is 3. The highest BCUT2D eigenvalue weighted by Gasteiger charge is 2.36. The molecular weight excluding hydrogens is 480 g/mol. The Kier molecular flexibility index (Phi) is 6.74. The molecule has 2 heterocycles. The van der Waals surface area contributed by atoms with Gasteiger partial charge in [-0.05, 0) is 49.4 Å². The van der Waals surface area contributed by atoms with Crippen molar-refractivity contribution in [1.29, 1.82) is 0 Å². The van der Waals surface area contributed by atoms with E-state index in [0.717, 1.165) is 16.8 Å². The SMILES string of the molecule is COc1ccccc1NC(=O)C1=C(C)Nc2nc(-c3ccc(N(C)C)cc3)nn2C1c1ccccc1OC. The zero-order valence-corrected chi connectivity index (χ0v) is 22.0. The van der Waals surface area contributed by atoms with Crippen LogP contribution in [-0.2, 0) is 4.79 Å². The molecule has 0 radical (unpaired) electrons. The molecule has 9 heteroatoms. The highest BCUT2D eigenvalue weighted by Crippen LogP contribution is 2.40. The van der Waals surface area contributed by atoms with Gasteiger partial charge in [-0.1, -0.05) is 30.3 Å². The third kappa shape index (κ3) is 4.54. The lowest BCUT2D eigenvalue weighted by Gasteiger charge is -2.29. The fourth-order valence-corrected chi connectivity index (χ4v) is 4.59. The van der Waals surface area contributed by atoms with Crippen LogP contribution in [0.25, 0.3) is 11.4 Å². The van der Waals surface area contributed by atoms with Crippen molar-refractivity contribution in [1.82, 2.24) is 14.8 Å². The molecule has 194 valence electrons. The number of allylic oxidation sites excluding steroid dienone is 1. The van der Waals surface area contributed by atoms with E-state index in [4.69, 9.17) is 19.6 Å². The zero-order chi connectivity index (χ0) is 26.8. The Labute approximate surface area is 221 Å². The zero-order valence-electron chi connectivity index (χ0n) is 22.0. The Hall–Kier alpha value is -4.79. The molecule has 0 saturated heterocycles. The maximum absolute atomic E-state index is 13.8. The highest BCUT2D eigenvalue weighted by molar-refractivity contribution is 6.06. The summed E-state index contributed by atoms with van der Waals surface area (Å²) < 4.78 is 12.9. The molecule has 1 aromatic heterocycles. The lowest BCUT2D eigenvalue weighted by atomic mass is 9.94. The first-order valence-electron chi connectivity index (χ1n) is 12.2. The van der Waals surface area contributed by atoms with E-state index in [0.29, 0.717) is 40.2 Å².